The Hall–Kier alpha value is -0.570. The van der Waals surface area contributed by atoms with Gasteiger partial charge in [-0.2, -0.15) is 0 Å². The van der Waals surface area contributed by atoms with Crippen molar-refractivity contribution in [2.24, 2.45) is 17.6 Å². The predicted molar refractivity (Wildman–Crippen MR) is 69.5 cm³/mol. The lowest BCUT2D eigenvalue weighted by atomic mass is 9.84. The highest BCUT2D eigenvalue weighted by atomic mass is 16.2. The van der Waals surface area contributed by atoms with Crippen molar-refractivity contribution in [1.29, 1.82) is 0 Å². The van der Waals surface area contributed by atoms with Crippen molar-refractivity contribution in [2.75, 3.05) is 6.54 Å². The molecular formula is C14H26N2O. The lowest BCUT2D eigenvalue weighted by molar-refractivity contribution is -0.140. The first kappa shape index (κ1) is 12.9. The third-order valence-electron chi connectivity index (χ3n) is 4.49. The first-order chi connectivity index (χ1) is 8.08. The second kappa shape index (κ2) is 5.38. The maximum Gasteiger partial charge on any atom is 0.225 e. The van der Waals surface area contributed by atoms with Gasteiger partial charge in [0, 0.05) is 24.5 Å². The molecule has 0 spiro atoms. The normalized spacial score (nSPS) is 39.1. The molecule has 1 aliphatic carbocycles. The van der Waals surface area contributed by atoms with Gasteiger partial charge < -0.3 is 10.6 Å². The van der Waals surface area contributed by atoms with E-state index in [1.165, 1.54) is 0 Å². The number of piperidine rings is 1. The number of amides is 1. The van der Waals surface area contributed by atoms with Crippen LogP contribution in [0.2, 0.25) is 0 Å². The molecule has 2 rings (SSSR count). The fourth-order valence-electron chi connectivity index (χ4n) is 3.42. The molecule has 3 nitrogen and oxygen atoms in total. The van der Waals surface area contributed by atoms with Crippen LogP contribution in [-0.4, -0.2) is 29.4 Å². The number of nitrogens with zero attached hydrogens (tertiary/aromatic N) is 1. The third-order valence-corrected chi connectivity index (χ3v) is 4.49. The quantitative estimate of drug-likeness (QED) is 0.761. The number of likely N-dealkylation sites (tertiary alicyclic amines) is 1. The number of rotatable bonds is 1. The lowest BCUT2D eigenvalue weighted by Crippen LogP contribution is -2.48. The monoisotopic (exact) mass is 238 g/mol. The Kier molecular flexibility index (Phi) is 4.08. The van der Waals surface area contributed by atoms with Crippen molar-refractivity contribution in [3.05, 3.63) is 0 Å². The molecule has 3 heteroatoms. The molecule has 0 radical (unpaired) electrons. The Labute approximate surface area is 105 Å². The summed E-state index contributed by atoms with van der Waals surface area (Å²) in [6.07, 6.45) is 6.48. The molecule has 0 aromatic heterocycles. The zero-order chi connectivity index (χ0) is 12.4. The highest BCUT2D eigenvalue weighted by molar-refractivity contribution is 5.79. The minimum absolute atomic E-state index is 0.203. The molecule has 1 amide bonds. The number of carbonyl (C=O) groups is 1. The summed E-state index contributed by atoms with van der Waals surface area (Å²) in [5.74, 6) is 1.34. The van der Waals surface area contributed by atoms with Crippen LogP contribution < -0.4 is 5.73 Å². The average molecular weight is 238 g/mol. The Morgan fingerprint density at radius 3 is 2.59 bits per heavy atom. The molecule has 2 aliphatic rings. The third kappa shape index (κ3) is 3.01. The Morgan fingerprint density at radius 2 is 1.94 bits per heavy atom. The molecule has 1 saturated heterocycles. The zero-order valence-electron chi connectivity index (χ0n) is 11.2. The average Bonchev–Trinajstić information content (AvgIpc) is 2.28. The van der Waals surface area contributed by atoms with Crippen molar-refractivity contribution < 1.29 is 4.79 Å². The lowest BCUT2D eigenvalue weighted by Gasteiger charge is -2.39. The van der Waals surface area contributed by atoms with Crippen LogP contribution in [0.3, 0.4) is 0 Å². The topological polar surface area (TPSA) is 46.3 Å². The fourth-order valence-corrected chi connectivity index (χ4v) is 3.42. The maximum atomic E-state index is 12.5. The van der Waals surface area contributed by atoms with Gasteiger partial charge in [0.15, 0.2) is 0 Å². The van der Waals surface area contributed by atoms with Crippen LogP contribution in [-0.2, 0) is 4.79 Å². The van der Waals surface area contributed by atoms with E-state index < -0.39 is 0 Å². The van der Waals surface area contributed by atoms with Gasteiger partial charge in [0.1, 0.15) is 0 Å². The van der Waals surface area contributed by atoms with Gasteiger partial charge in [-0.15, -0.1) is 0 Å². The van der Waals surface area contributed by atoms with E-state index in [9.17, 15) is 4.79 Å². The second-order valence-electron chi connectivity index (χ2n) is 6.13. The SMILES string of the molecule is CC1CCN(C(=O)C2CCCC(N)C2)C(C)C1. The molecule has 2 fully saturated rings. The van der Waals surface area contributed by atoms with Crippen LogP contribution in [0.25, 0.3) is 0 Å². The standard InChI is InChI=1S/C14H26N2O/c1-10-6-7-16(11(2)8-10)14(17)12-4-3-5-13(15)9-12/h10-13H,3-9,15H2,1-2H3. The van der Waals surface area contributed by atoms with E-state index in [1.54, 1.807) is 0 Å². The first-order valence-corrected chi connectivity index (χ1v) is 7.14. The second-order valence-corrected chi connectivity index (χ2v) is 6.13. The van der Waals surface area contributed by atoms with Gasteiger partial charge in [0.05, 0.1) is 0 Å². The van der Waals surface area contributed by atoms with Crippen LogP contribution in [0.5, 0.6) is 0 Å². The van der Waals surface area contributed by atoms with Crippen molar-refractivity contribution in [3.8, 4) is 0 Å². The summed E-state index contributed by atoms with van der Waals surface area (Å²) >= 11 is 0. The minimum Gasteiger partial charge on any atom is -0.340 e. The van der Waals surface area contributed by atoms with Crippen molar-refractivity contribution in [2.45, 2.75) is 64.5 Å². The fraction of sp³-hybridized carbons (Fsp3) is 0.929. The molecule has 2 N–H and O–H groups in total. The van der Waals surface area contributed by atoms with Crippen LogP contribution in [0.4, 0.5) is 0 Å². The minimum atomic E-state index is 0.203. The zero-order valence-corrected chi connectivity index (χ0v) is 11.2. The molecular weight excluding hydrogens is 212 g/mol. The van der Waals surface area contributed by atoms with Gasteiger partial charge in [-0.3, -0.25) is 4.79 Å². The summed E-state index contributed by atoms with van der Waals surface area (Å²) in [7, 11) is 0. The van der Waals surface area contributed by atoms with Gasteiger partial charge in [0.2, 0.25) is 5.91 Å². The Balaban J connectivity index is 1.94. The molecule has 1 aliphatic heterocycles. The molecule has 17 heavy (non-hydrogen) atoms. The van der Waals surface area contributed by atoms with Crippen LogP contribution in [0.1, 0.15) is 52.4 Å². The molecule has 0 bridgehead atoms. The van der Waals surface area contributed by atoms with Crippen molar-refractivity contribution in [1.82, 2.24) is 4.90 Å². The number of hydrogen-bond acceptors (Lipinski definition) is 2. The smallest absolute Gasteiger partial charge is 0.225 e. The number of hydrogen-bond donors (Lipinski definition) is 1. The highest BCUT2D eigenvalue weighted by Crippen LogP contribution is 2.29. The van der Waals surface area contributed by atoms with Crippen molar-refractivity contribution in [3.63, 3.8) is 0 Å². The molecule has 0 aromatic carbocycles. The largest absolute Gasteiger partial charge is 0.340 e. The molecule has 4 atom stereocenters. The summed E-state index contributed by atoms with van der Waals surface area (Å²) in [5, 5.41) is 0. The molecule has 0 aromatic rings. The van der Waals surface area contributed by atoms with Gasteiger partial charge in [-0.05, 0) is 44.9 Å². The van der Waals surface area contributed by atoms with E-state index in [0.717, 1.165) is 51.0 Å². The summed E-state index contributed by atoms with van der Waals surface area (Å²) in [5.41, 5.74) is 5.98. The van der Waals surface area contributed by atoms with Crippen LogP contribution >= 0.6 is 0 Å². The van der Waals surface area contributed by atoms with Gasteiger partial charge in [0.25, 0.3) is 0 Å². The Bertz CT molecular complexity index is 279. The van der Waals surface area contributed by atoms with Gasteiger partial charge in [-0.1, -0.05) is 13.3 Å². The number of nitrogens with two attached hydrogens (primary N) is 1. The molecule has 1 heterocycles. The molecule has 1 saturated carbocycles. The van der Waals surface area contributed by atoms with E-state index >= 15 is 0 Å². The number of carbonyl (C=O) groups excluding carboxylic acids is 1. The molecule has 98 valence electrons. The summed E-state index contributed by atoms with van der Waals surface area (Å²) in [4.78, 5) is 14.6. The first-order valence-electron chi connectivity index (χ1n) is 7.14. The Morgan fingerprint density at radius 1 is 1.18 bits per heavy atom. The maximum absolute atomic E-state index is 12.5. The van der Waals surface area contributed by atoms with E-state index in [-0.39, 0.29) is 12.0 Å². The molecule has 4 unspecified atom stereocenters. The van der Waals surface area contributed by atoms with E-state index in [0.29, 0.717) is 11.9 Å². The van der Waals surface area contributed by atoms with Gasteiger partial charge >= 0.3 is 0 Å². The van der Waals surface area contributed by atoms with E-state index in [4.69, 9.17) is 5.73 Å². The summed E-state index contributed by atoms with van der Waals surface area (Å²) < 4.78 is 0. The van der Waals surface area contributed by atoms with E-state index in [2.05, 4.69) is 18.7 Å². The predicted octanol–water partition coefficient (Wildman–Crippen LogP) is 2.15. The summed E-state index contributed by atoms with van der Waals surface area (Å²) in [6.45, 7) is 5.43. The van der Waals surface area contributed by atoms with Gasteiger partial charge in [-0.25, -0.2) is 0 Å². The summed E-state index contributed by atoms with van der Waals surface area (Å²) in [6, 6.07) is 0.668. The van der Waals surface area contributed by atoms with Crippen LogP contribution in [0, 0.1) is 11.8 Å². The van der Waals surface area contributed by atoms with Crippen molar-refractivity contribution >= 4 is 5.91 Å². The highest BCUT2D eigenvalue weighted by Gasteiger charge is 2.33. The van der Waals surface area contributed by atoms with Crippen LogP contribution in [0.15, 0.2) is 0 Å². The van der Waals surface area contributed by atoms with E-state index in [1.807, 2.05) is 0 Å².